The van der Waals surface area contributed by atoms with Gasteiger partial charge in [0.1, 0.15) is 49.0 Å². The molecule has 6 aromatic heterocycles. The first-order chi connectivity index (χ1) is 28.9. The van der Waals surface area contributed by atoms with Crippen molar-refractivity contribution in [2.24, 2.45) is 0 Å². The van der Waals surface area contributed by atoms with E-state index in [1.165, 1.54) is 0 Å². The van der Waals surface area contributed by atoms with Crippen LogP contribution in [0, 0.1) is 6.92 Å². The van der Waals surface area contributed by atoms with Crippen LogP contribution in [0.2, 0.25) is 0 Å². The Labute approximate surface area is 335 Å². The zero-order valence-electron chi connectivity index (χ0n) is 31.6. The largest absolute Gasteiger partial charge is 0.280 e. The molecule has 1 aliphatic carbocycles. The van der Waals surface area contributed by atoms with Crippen LogP contribution in [0.5, 0.6) is 0 Å². The third-order valence-corrected chi connectivity index (χ3v) is 10.8. The van der Waals surface area contributed by atoms with Gasteiger partial charge >= 0.3 is 0 Å². The van der Waals surface area contributed by atoms with Gasteiger partial charge in [-0.05, 0) is 48.5 Å². The van der Waals surface area contributed by atoms with Gasteiger partial charge in [-0.1, -0.05) is 48.5 Å². The Kier molecular flexibility index (Phi) is 7.89. The van der Waals surface area contributed by atoms with Crippen LogP contribution in [0.1, 0.15) is 61.0 Å². The summed E-state index contributed by atoms with van der Waals surface area (Å²) >= 11 is 0. The molecular formula is C45H32N12O2+2. The SMILES string of the molecule is Cc1n(Cc2cnc3ccccc3n2)c2c([n+]1Cc1cnc3ccccc3n1)C(=O)c1c(n(Cc3cnc4ccccc4n3)c[n+]1Cc1cnc3ccccc3n1)C2=O. The third kappa shape index (κ3) is 5.88. The number of para-hydroxylation sites is 8. The molecule has 0 N–H and O–H groups in total. The van der Waals surface area contributed by atoms with Crippen LogP contribution in [-0.4, -0.2) is 60.6 Å². The van der Waals surface area contributed by atoms with Crippen molar-refractivity contribution >= 4 is 55.7 Å². The molecule has 0 fully saturated rings. The third-order valence-electron chi connectivity index (χ3n) is 10.8. The number of ketones is 2. The lowest BCUT2D eigenvalue weighted by Crippen LogP contribution is -2.48. The van der Waals surface area contributed by atoms with Crippen molar-refractivity contribution in [3.05, 3.63) is 180 Å². The van der Waals surface area contributed by atoms with Gasteiger partial charge in [0.25, 0.3) is 17.4 Å². The molecular weight excluding hydrogens is 741 g/mol. The molecule has 0 saturated heterocycles. The highest BCUT2D eigenvalue weighted by molar-refractivity contribution is 6.24. The first kappa shape index (κ1) is 34.3. The lowest BCUT2D eigenvalue weighted by Gasteiger charge is -2.10. The first-order valence-electron chi connectivity index (χ1n) is 19.1. The maximum Gasteiger partial charge on any atom is 0.280 e. The van der Waals surface area contributed by atoms with Crippen molar-refractivity contribution in [2.45, 2.75) is 33.1 Å². The molecule has 59 heavy (non-hydrogen) atoms. The lowest BCUT2D eigenvalue weighted by molar-refractivity contribution is -0.700. The second kappa shape index (κ2) is 13.6. The molecule has 0 radical (unpaired) electrons. The molecule has 1 aliphatic rings. The van der Waals surface area contributed by atoms with Crippen LogP contribution in [-0.2, 0) is 26.2 Å². The van der Waals surface area contributed by atoms with Gasteiger partial charge in [-0.15, -0.1) is 0 Å². The molecule has 0 aliphatic heterocycles. The van der Waals surface area contributed by atoms with E-state index in [1.54, 1.807) is 40.2 Å². The van der Waals surface area contributed by atoms with Crippen LogP contribution in [0.25, 0.3) is 44.1 Å². The van der Waals surface area contributed by atoms with Gasteiger partial charge in [0.15, 0.2) is 0 Å². The van der Waals surface area contributed by atoms with Gasteiger partial charge in [0, 0.05) is 6.92 Å². The summed E-state index contributed by atoms with van der Waals surface area (Å²) in [4.78, 5) is 68.9. The molecule has 6 heterocycles. The van der Waals surface area contributed by atoms with Gasteiger partial charge < -0.3 is 0 Å². The van der Waals surface area contributed by atoms with E-state index in [0.29, 0.717) is 28.6 Å². The minimum absolute atomic E-state index is 0.188. The summed E-state index contributed by atoms with van der Waals surface area (Å²) < 4.78 is 7.34. The second-order valence-corrected chi connectivity index (χ2v) is 14.5. The molecule has 0 amide bonds. The molecule has 4 aromatic carbocycles. The average molecular weight is 773 g/mol. The summed E-state index contributed by atoms with van der Waals surface area (Å²) in [6.45, 7) is 2.67. The quantitative estimate of drug-likeness (QED) is 0.195. The van der Waals surface area contributed by atoms with Gasteiger partial charge in [-0.3, -0.25) is 29.5 Å². The molecule has 0 bridgehead atoms. The summed E-state index contributed by atoms with van der Waals surface area (Å²) in [5, 5.41) is 0. The topological polar surface area (TPSA) is 155 Å². The van der Waals surface area contributed by atoms with Crippen molar-refractivity contribution < 1.29 is 18.7 Å². The number of hydrogen-bond donors (Lipinski definition) is 0. The normalized spacial score (nSPS) is 12.5. The molecule has 282 valence electrons. The van der Waals surface area contributed by atoms with E-state index < -0.39 is 0 Å². The smallest absolute Gasteiger partial charge is 0.280 e. The zero-order chi connectivity index (χ0) is 39.6. The number of rotatable bonds is 8. The number of aromatic nitrogens is 12. The summed E-state index contributed by atoms with van der Waals surface area (Å²) in [7, 11) is 0. The molecule has 0 spiro atoms. The van der Waals surface area contributed by atoms with Crippen molar-refractivity contribution in [3.8, 4) is 0 Å². The maximum atomic E-state index is 15.4. The van der Waals surface area contributed by atoms with Gasteiger partial charge in [-0.25, -0.2) is 38.2 Å². The monoisotopic (exact) mass is 772 g/mol. The fourth-order valence-electron chi connectivity index (χ4n) is 8.03. The zero-order valence-corrected chi connectivity index (χ0v) is 31.6. The van der Waals surface area contributed by atoms with E-state index in [4.69, 9.17) is 19.9 Å². The van der Waals surface area contributed by atoms with Crippen LogP contribution in [0.3, 0.4) is 0 Å². The fraction of sp³-hybridized carbons (Fsp3) is 0.111. The van der Waals surface area contributed by atoms with E-state index in [1.807, 2.05) is 113 Å². The molecule has 0 unspecified atom stereocenters. The van der Waals surface area contributed by atoms with Crippen molar-refractivity contribution in [2.75, 3.05) is 0 Å². The number of carbonyl (C=O) groups is 2. The summed E-state index contributed by atoms with van der Waals surface area (Å²) in [6, 6.07) is 30.6. The lowest BCUT2D eigenvalue weighted by atomic mass is 9.97. The Morgan fingerprint density at radius 2 is 0.898 bits per heavy atom. The fourth-order valence-corrected chi connectivity index (χ4v) is 8.03. The second-order valence-electron chi connectivity index (χ2n) is 14.5. The van der Waals surface area contributed by atoms with Crippen LogP contribution in [0.4, 0.5) is 0 Å². The Bertz CT molecular complexity index is 3150. The Balaban J connectivity index is 1.09. The predicted molar refractivity (Wildman–Crippen MR) is 215 cm³/mol. The number of fused-ring (bicyclic) bond motifs is 6. The minimum Gasteiger partial charge on any atom is -0.280 e. The number of benzene rings is 4. The standard InChI is InChI=1S/C45H32N12O2/c1-27-56(24-30-20-48-34-12-4-8-16-38(34)52-30)42-43(57(27)25-31-21-49-35-13-5-9-17-39(35)53-31)45(59)41-40(44(42)58)54(22-28-18-46-32-10-2-6-14-36(32)50-28)26-55(41)23-29-19-47-33-11-3-7-15-37(33)51-29/h2-21,26H,22-25H2,1H3/q+2. The van der Waals surface area contributed by atoms with E-state index >= 15 is 9.59 Å². The summed E-state index contributed by atoms with van der Waals surface area (Å²) in [6.07, 6.45) is 8.64. The van der Waals surface area contributed by atoms with Crippen LogP contribution in [0.15, 0.2) is 128 Å². The highest BCUT2D eigenvalue weighted by Gasteiger charge is 2.50. The number of hydrogen-bond acceptors (Lipinski definition) is 10. The first-order valence-corrected chi connectivity index (χ1v) is 19.1. The van der Waals surface area contributed by atoms with Gasteiger partial charge in [-0.2, -0.15) is 0 Å². The minimum atomic E-state index is -0.313. The molecule has 11 rings (SSSR count). The Morgan fingerprint density at radius 1 is 0.475 bits per heavy atom. The van der Waals surface area contributed by atoms with Gasteiger partial charge in [0.05, 0.1) is 68.9 Å². The van der Waals surface area contributed by atoms with Crippen molar-refractivity contribution in [3.63, 3.8) is 0 Å². The summed E-state index contributed by atoms with van der Waals surface area (Å²) in [5.41, 5.74) is 9.51. The van der Waals surface area contributed by atoms with Crippen molar-refractivity contribution in [1.29, 1.82) is 0 Å². The highest BCUT2D eigenvalue weighted by atomic mass is 16.1. The van der Waals surface area contributed by atoms with E-state index in [0.717, 1.165) is 44.1 Å². The maximum absolute atomic E-state index is 15.4. The van der Waals surface area contributed by atoms with Crippen LogP contribution >= 0.6 is 0 Å². The molecule has 14 heteroatoms. The van der Waals surface area contributed by atoms with Crippen LogP contribution < -0.4 is 9.13 Å². The number of nitrogens with zero attached hydrogens (tertiary/aromatic N) is 12. The van der Waals surface area contributed by atoms with E-state index in [2.05, 4.69) is 19.9 Å². The average Bonchev–Trinajstić information content (AvgIpc) is 3.76. The van der Waals surface area contributed by atoms with E-state index in [9.17, 15) is 0 Å². The molecule has 0 atom stereocenters. The molecule has 0 saturated carbocycles. The number of imidazole rings is 2. The molecule has 10 aromatic rings. The molecule has 14 nitrogen and oxygen atoms in total. The van der Waals surface area contributed by atoms with Crippen molar-refractivity contribution in [1.82, 2.24) is 49.0 Å². The highest BCUT2D eigenvalue weighted by Crippen LogP contribution is 2.28. The van der Waals surface area contributed by atoms with E-state index in [-0.39, 0.29) is 60.5 Å². The number of carbonyl (C=O) groups excluding carboxylic acids is 2. The van der Waals surface area contributed by atoms with Gasteiger partial charge in [0.2, 0.25) is 29.1 Å². The summed E-state index contributed by atoms with van der Waals surface area (Å²) in [5.74, 6) is 0.0458. The Morgan fingerprint density at radius 3 is 1.41 bits per heavy atom. The Hall–Kier alpha value is -8.00. The predicted octanol–water partition coefficient (Wildman–Crippen LogP) is 4.91.